The number of aromatic nitrogens is 2. The van der Waals surface area contributed by atoms with Crippen LogP contribution in [-0.4, -0.2) is 53.5 Å². The van der Waals surface area contributed by atoms with Crippen LogP contribution in [-0.2, 0) is 4.74 Å². The van der Waals surface area contributed by atoms with Crippen molar-refractivity contribution in [1.29, 1.82) is 0 Å². The van der Waals surface area contributed by atoms with Gasteiger partial charge in [-0.1, -0.05) is 29.8 Å². The Balaban J connectivity index is 1.56. The highest BCUT2D eigenvalue weighted by Crippen LogP contribution is 2.37. The molecule has 0 aliphatic carbocycles. The summed E-state index contributed by atoms with van der Waals surface area (Å²) in [4.78, 5) is 12.6. The molecule has 130 valence electrons. The molecule has 1 saturated heterocycles. The Hall–Kier alpha value is -1.47. The molecule has 2 aromatic heterocycles. The summed E-state index contributed by atoms with van der Waals surface area (Å²) in [5.74, 6) is 1.04. The predicted octanol–water partition coefficient (Wildman–Crippen LogP) is 4.09. The number of hydrogen-bond acceptors (Lipinski definition) is 6. The molecule has 0 unspecified atom stereocenters. The van der Waals surface area contributed by atoms with Crippen LogP contribution in [0.3, 0.4) is 0 Å². The van der Waals surface area contributed by atoms with Gasteiger partial charge in [0.25, 0.3) is 0 Å². The number of fused-ring (bicyclic) bond motifs is 1. The summed E-state index contributed by atoms with van der Waals surface area (Å²) in [6, 6.07) is 8.69. The van der Waals surface area contributed by atoms with Crippen molar-refractivity contribution in [3.05, 3.63) is 41.5 Å². The van der Waals surface area contributed by atoms with E-state index in [4.69, 9.17) is 4.74 Å². The van der Waals surface area contributed by atoms with Gasteiger partial charge in [0.1, 0.15) is 16.2 Å². The number of nitrogens with zero attached hydrogens (tertiary/aromatic N) is 3. The summed E-state index contributed by atoms with van der Waals surface area (Å²) >= 11 is 3.53. The molecule has 25 heavy (non-hydrogen) atoms. The summed E-state index contributed by atoms with van der Waals surface area (Å²) in [7, 11) is 0. The van der Waals surface area contributed by atoms with Gasteiger partial charge in [0, 0.05) is 36.3 Å². The highest BCUT2D eigenvalue weighted by atomic mass is 32.2. The number of thiophene rings is 1. The van der Waals surface area contributed by atoms with Crippen LogP contribution in [0.2, 0.25) is 0 Å². The third-order valence-corrected chi connectivity index (χ3v) is 6.30. The van der Waals surface area contributed by atoms with Crippen molar-refractivity contribution in [2.45, 2.75) is 11.9 Å². The van der Waals surface area contributed by atoms with Gasteiger partial charge in [-0.2, -0.15) is 0 Å². The fraction of sp³-hybridized carbons (Fsp3) is 0.368. The molecule has 4 nitrogen and oxygen atoms in total. The SMILES string of the molecule is Cc1ccc(-c2csc3ncnc(SCCN4CCOCC4)c23)cc1. The molecular weight excluding hydrogens is 350 g/mol. The van der Waals surface area contributed by atoms with E-state index in [0.29, 0.717) is 0 Å². The quantitative estimate of drug-likeness (QED) is 0.499. The number of ether oxygens (including phenoxy) is 1. The van der Waals surface area contributed by atoms with Crippen LogP contribution in [0, 0.1) is 6.92 Å². The van der Waals surface area contributed by atoms with Gasteiger partial charge >= 0.3 is 0 Å². The van der Waals surface area contributed by atoms with Crippen molar-refractivity contribution < 1.29 is 4.74 Å². The Morgan fingerprint density at radius 3 is 2.76 bits per heavy atom. The Bertz CT molecular complexity index is 842. The van der Waals surface area contributed by atoms with Gasteiger partial charge in [0.05, 0.1) is 18.6 Å². The topological polar surface area (TPSA) is 38.2 Å². The first-order chi connectivity index (χ1) is 12.3. The van der Waals surface area contributed by atoms with Crippen LogP contribution in [0.1, 0.15) is 5.56 Å². The first kappa shape index (κ1) is 17.0. The van der Waals surface area contributed by atoms with Gasteiger partial charge in [-0.25, -0.2) is 9.97 Å². The lowest BCUT2D eigenvalue weighted by atomic mass is 10.1. The van der Waals surface area contributed by atoms with Gasteiger partial charge in [-0.3, -0.25) is 4.90 Å². The molecule has 1 aliphatic heterocycles. The van der Waals surface area contributed by atoms with Gasteiger partial charge in [0.2, 0.25) is 0 Å². The minimum Gasteiger partial charge on any atom is -0.379 e. The molecular formula is C19H21N3OS2. The molecule has 0 atom stereocenters. The largest absolute Gasteiger partial charge is 0.379 e. The zero-order chi connectivity index (χ0) is 17.1. The fourth-order valence-electron chi connectivity index (χ4n) is 3.00. The number of thioether (sulfide) groups is 1. The Morgan fingerprint density at radius 1 is 1.16 bits per heavy atom. The first-order valence-electron chi connectivity index (χ1n) is 8.53. The molecule has 0 bridgehead atoms. The normalized spacial score (nSPS) is 15.7. The number of hydrogen-bond donors (Lipinski definition) is 0. The monoisotopic (exact) mass is 371 g/mol. The van der Waals surface area contributed by atoms with Crippen molar-refractivity contribution in [3.63, 3.8) is 0 Å². The summed E-state index contributed by atoms with van der Waals surface area (Å²) in [6.07, 6.45) is 1.69. The fourth-order valence-corrected chi connectivity index (χ4v) is 4.99. The van der Waals surface area contributed by atoms with Crippen molar-refractivity contribution in [3.8, 4) is 11.1 Å². The molecule has 0 radical (unpaired) electrons. The second kappa shape index (κ2) is 7.83. The van der Waals surface area contributed by atoms with Gasteiger partial charge in [-0.15, -0.1) is 23.1 Å². The van der Waals surface area contributed by atoms with E-state index < -0.39 is 0 Å². The number of rotatable bonds is 5. The Kier molecular flexibility index (Phi) is 5.31. The standard InChI is InChI=1S/C19H21N3OS2/c1-14-2-4-15(5-3-14)16-12-25-19-17(16)18(20-13-21-19)24-11-8-22-6-9-23-10-7-22/h2-5,12-13H,6-11H2,1H3. The lowest BCUT2D eigenvalue weighted by molar-refractivity contribution is 0.0410. The van der Waals surface area contributed by atoms with Crippen molar-refractivity contribution in [2.24, 2.45) is 0 Å². The molecule has 0 spiro atoms. The minimum absolute atomic E-state index is 0.852. The van der Waals surface area contributed by atoms with E-state index in [1.807, 2.05) is 11.8 Å². The van der Waals surface area contributed by atoms with Gasteiger partial charge in [0.15, 0.2) is 0 Å². The highest BCUT2D eigenvalue weighted by Gasteiger charge is 2.15. The second-order valence-corrected chi connectivity index (χ2v) is 8.12. The Morgan fingerprint density at radius 2 is 1.96 bits per heavy atom. The van der Waals surface area contributed by atoms with E-state index in [0.717, 1.165) is 48.5 Å². The van der Waals surface area contributed by atoms with E-state index >= 15 is 0 Å². The van der Waals surface area contributed by atoms with E-state index in [1.54, 1.807) is 17.7 Å². The van der Waals surface area contributed by atoms with Crippen LogP contribution in [0.5, 0.6) is 0 Å². The maximum absolute atomic E-state index is 5.42. The van der Waals surface area contributed by atoms with E-state index in [1.165, 1.54) is 22.1 Å². The van der Waals surface area contributed by atoms with E-state index in [-0.39, 0.29) is 0 Å². The average Bonchev–Trinajstić information content (AvgIpc) is 3.08. The Labute approximate surface area is 156 Å². The smallest absolute Gasteiger partial charge is 0.128 e. The van der Waals surface area contributed by atoms with Crippen molar-refractivity contribution >= 4 is 33.3 Å². The number of benzene rings is 1. The highest BCUT2D eigenvalue weighted by molar-refractivity contribution is 7.99. The van der Waals surface area contributed by atoms with Crippen molar-refractivity contribution in [2.75, 3.05) is 38.6 Å². The van der Waals surface area contributed by atoms with Gasteiger partial charge < -0.3 is 4.74 Å². The zero-order valence-corrected chi connectivity index (χ0v) is 15.9. The maximum atomic E-state index is 5.42. The molecule has 1 aliphatic rings. The minimum atomic E-state index is 0.852. The number of aryl methyl sites for hydroxylation is 1. The van der Waals surface area contributed by atoms with Crippen LogP contribution in [0.4, 0.5) is 0 Å². The zero-order valence-electron chi connectivity index (χ0n) is 14.3. The summed E-state index contributed by atoms with van der Waals surface area (Å²) in [6.45, 7) is 6.96. The van der Waals surface area contributed by atoms with Crippen molar-refractivity contribution in [1.82, 2.24) is 14.9 Å². The van der Waals surface area contributed by atoms with Crippen LogP contribution in [0.25, 0.3) is 21.3 Å². The molecule has 0 amide bonds. The molecule has 1 aromatic carbocycles. The second-order valence-electron chi connectivity index (χ2n) is 6.18. The van der Waals surface area contributed by atoms with E-state index in [2.05, 4.69) is 51.4 Å². The molecule has 1 fully saturated rings. The molecule has 3 heterocycles. The average molecular weight is 372 g/mol. The lowest BCUT2D eigenvalue weighted by Crippen LogP contribution is -2.37. The third kappa shape index (κ3) is 3.87. The molecule has 3 aromatic rings. The number of morpholine rings is 1. The van der Waals surface area contributed by atoms with Gasteiger partial charge in [-0.05, 0) is 12.5 Å². The van der Waals surface area contributed by atoms with Crippen LogP contribution >= 0.6 is 23.1 Å². The molecule has 4 rings (SSSR count). The first-order valence-corrected chi connectivity index (χ1v) is 10.4. The predicted molar refractivity (Wildman–Crippen MR) is 106 cm³/mol. The van der Waals surface area contributed by atoms with Crippen LogP contribution < -0.4 is 0 Å². The maximum Gasteiger partial charge on any atom is 0.128 e. The third-order valence-electron chi connectivity index (χ3n) is 4.45. The molecule has 0 saturated carbocycles. The van der Waals surface area contributed by atoms with Crippen LogP contribution in [0.15, 0.2) is 41.0 Å². The summed E-state index contributed by atoms with van der Waals surface area (Å²) < 4.78 is 5.42. The molecule has 0 N–H and O–H groups in total. The lowest BCUT2D eigenvalue weighted by Gasteiger charge is -2.26. The summed E-state index contributed by atoms with van der Waals surface area (Å²) in [5, 5.41) is 4.49. The molecule has 6 heteroatoms. The van der Waals surface area contributed by atoms with E-state index in [9.17, 15) is 0 Å². The summed E-state index contributed by atoms with van der Waals surface area (Å²) in [5.41, 5.74) is 3.76.